The van der Waals surface area contributed by atoms with Crippen molar-refractivity contribution in [2.45, 2.75) is 40.5 Å². The van der Waals surface area contributed by atoms with Crippen LogP contribution in [0.5, 0.6) is 0 Å². The topological polar surface area (TPSA) is 93.2 Å². The zero-order chi connectivity index (χ0) is 21.3. The number of Topliss-reactive ketones (excluding diaryl/α,β-unsaturated/α-hetero) is 1. The lowest BCUT2D eigenvalue weighted by Crippen LogP contribution is -2.37. The van der Waals surface area contributed by atoms with E-state index in [9.17, 15) is 19.2 Å². The van der Waals surface area contributed by atoms with Gasteiger partial charge in [0.1, 0.15) is 6.61 Å². The van der Waals surface area contributed by atoms with Crippen LogP contribution in [-0.4, -0.2) is 80.7 Å². The van der Waals surface area contributed by atoms with Crippen LogP contribution >= 0.6 is 0 Å². The average molecular weight is 396 g/mol. The highest BCUT2D eigenvalue weighted by Gasteiger charge is 2.39. The molecule has 158 valence electrons. The molecule has 1 fully saturated rings. The molecule has 0 radical (unpaired) electrons. The normalized spacial score (nSPS) is 17.1. The molecule has 0 N–H and O–H groups in total. The molecule has 0 aromatic carbocycles. The van der Waals surface area contributed by atoms with E-state index in [4.69, 9.17) is 9.47 Å². The number of carbonyl (C=O) groups is 4. The molecule has 0 aliphatic carbocycles. The van der Waals surface area contributed by atoms with E-state index in [0.29, 0.717) is 26.4 Å². The molecule has 1 heterocycles. The van der Waals surface area contributed by atoms with Gasteiger partial charge in [0.05, 0.1) is 19.8 Å². The molecule has 0 bridgehead atoms. The molecule has 1 rings (SSSR count). The van der Waals surface area contributed by atoms with E-state index >= 15 is 0 Å². The molecule has 1 aliphatic heterocycles. The molecular weight excluding hydrogens is 363 g/mol. The van der Waals surface area contributed by atoms with Gasteiger partial charge in [-0.05, 0) is 5.92 Å². The summed E-state index contributed by atoms with van der Waals surface area (Å²) < 4.78 is 10.6. The van der Waals surface area contributed by atoms with Crippen molar-refractivity contribution in [1.82, 2.24) is 9.71 Å². The summed E-state index contributed by atoms with van der Waals surface area (Å²) >= 11 is 0. The van der Waals surface area contributed by atoms with Crippen LogP contribution in [0.4, 0.5) is 0 Å². The van der Waals surface area contributed by atoms with Crippen LogP contribution in [-0.2, 0) is 28.7 Å². The summed E-state index contributed by atoms with van der Waals surface area (Å²) in [6.45, 7) is 9.14. The molecule has 3 amide bonds. The fraction of sp³-hybridized carbons (Fsp3) is 0.789. The number of hydrogen-bond acceptors (Lipinski definition) is 6. The SMILES string of the molecule is BN(CCOCCOCC(=O)C(C)C)C(=O)CCN1C(=O)CC(C(C)C)C1=O. The van der Waals surface area contributed by atoms with E-state index in [0.717, 1.165) is 0 Å². The van der Waals surface area contributed by atoms with Gasteiger partial charge in [0.25, 0.3) is 0 Å². The van der Waals surface area contributed by atoms with Crippen molar-refractivity contribution in [3.05, 3.63) is 0 Å². The van der Waals surface area contributed by atoms with Crippen LogP contribution in [0.1, 0.15) is 40.5 Å². The lowest BCUT2D eigenvalue weighted by atomic mass is 9.94. The van der Waals surface area contributed by atoms with Crippen molar-refractivity contribution in [2.24, 2.45) is 17.8 Å². The van der Waals surface area contributed by atoms with Crippen molar-refractivity contribution >= 4 is 31.5 Å². The molecule has 8 nitrogen and oxygen atoms in total. The summed E-state index contributed by atoms with van der Waals surface area (Å²) in [6.07, 6.45) is 0.346. The number of ketones is 1. The Morgan fingerprint density at radius 3 is 2.36 bits per heavy atom. The van der Waals surface area contributed by atoms with Crippen molar-refractivity contribution in [3.63, 3.8) is 0 Å². The largest absolute Gasteiger partial charge is 0.391 e. The van der Waals surface area contributed by atoms with E-state index in [1.165, 1.54) is 9.71 Å². The maximum Gasteiger partial charge on any atom is 0.233 e. The minimum absolute atomic E-state index is 0.0389. The van der Waals surface area contributed by atoms with E-state index < -0.39 is 0 Å². The molecule has 1 saturated heterocycles. The molecule has 0 aromatic heterocycles. The molecular formula is C19H33BN2O6. The van der Waals surface area contributed by atoms with E-state index in [1.807, 2.05) is 27.7 Å². The van der Waals surface area contributed by atoms with Crippen LogP contribution in [0.15, 0.2) is 0 Å². The summed E-state index contributed by atoms with van der Waals surface area (Å²) in [5.41, 5.74) is 0. The number of ether oxygens (including phenoxy) is 2. The number of amides is 3. The second-order valence-corrected chi connectivity index (χ2v) is 7.79. The van der Waals surface area contributed by atoms with Gasteiger partial charge in [-0.2, -0.15) is 0 Å². The van der Waals surface area contributed by atoms with Crippen molar-refractivity contribution in [1.29, 1.82) is 0 Å². The molecule has 0 spiro atoms. The van der Waals surface area contributed by atoms with Gasteiger partial charge in [0, 0.05) is 37.8 Å². The Hall–Kier alpha value is -1.74. The predicted octanol–water partition coefficient (Wildman–Crippen LogP) is 0.0426. The first kappa shape index (κ1) is 24.3. The predicted molar refractivity (Wildman–Crippen MR) is 106 cm³/mol. The second-order valence-electron chi connectivity index (χ2n) is 7.79. The summed E-state index contributed by atoms with van der Waals surface area (Å²) in [7, 11) is 1.66. The Labute approximate surface area is 168 Å². The van der Waals surface area contributed by atoms with Crippen LogP contribution in [0.3, 0.4) is 0 Å². The highest BCUT2D eigenvalue weighted by atomic mass is 16.5. The number of imide groups is 1. The number of likely N-dealkylation sites (tertiary alicyclic amines) is 1. The molecule has 1 atom stereocenters. The Kier molecular flexibility index (Phi) is 10.4. The summed E-state index contributed by atoms with van der Waals surface area (Å²) in [5, 5.41) is 0. The van der Waals surface area contributed by atoms with Gasteiger partial charge in [-0.3, -0.25) is 24.1 Å². The second kappa shape index (κ2) is 12.0. The molecule has 28 heavy (non-hydrogen) atoms. The van der Waals surface area contributed by atoms with Crippen LogP contribution < -0.4 is 0 Å². The summed E-state index contributed by atoms with van der Waals surface area (Å²) in [5.74, 6) is -0.650. The summed E-state index contributed by atoms with van der Waals surface area (Å²) in [6, 6.07) is 0. The first-order chi connectivity index (χ1) is 13.1. The minimum atomic E-state index is -0.271. The number of nitrogens with zero attached hydrogens (tertiary/aromatic N) is 2. The third kappa shape index (κ3) is 7.71. The molecule has 9 heteroatoms. The van der Waals surface area contributed by atoms with Gasteiger partial charge in [-0.1, -0.05) is 27.7 Å². The zero-order valence-corrected chi connectivity index (χ0v) is 17.7. The molecule has 0 aromatic rings. The summed E-state index contributed by atoms with van der Waals surface area (Å²) in [4.78, 5) is 50.5. The van der Waals surface area contributed by atoms with Gasteiger partial charge >= 0.3 is 0 Å². The highest BCUT2D eigenvalue weighted by Crippen LogP contribution is 2.26. The Balaban J connectivity index is 2.18. The monoisotopic (exact) mass is 396 g/mol. The van der Waals surface area contributed by atoms with E-state index in [2.05, 4.69) is 0 Å². The standard InChI is InChI=1S/C19H33BN2O6/c1-13(2)15-11-18(25)21(19(15)26)6-5-17(24)22(20)7-8-27-9-10-28-12-16(23)14(3)4/h13-15H,5-12,20H2,1-4H3. The number of rotatable bonds is 13. The van der Waals surface area contributed by atoms with Crippen LogP contribution in [0.2, 0.25) is 0 Å². The Bertz CT molecular complexity index is 567. The van der Waals surface area contributed by atoms with E-state index in [1.54, 1.807) is 7.98 Å². The minimum Gasteiger partial charge on any atom is -0.391 e. The van der Waals surface area contributed by atoms with Gasteiger partial charge in [0.2, 0.25) is 25.7 Å². The third-order valence-corrected chi connectivity index (χ3v) is 4.89. The van der Waals surface area contributed by atoms with Crippen LogP contribution in [0.25, 0.3) is 0 Å². The maximum absolute atomic E-state index is 12.2. The Morgan fingerprint density at radius 1 is 1.14 bits per heavy atom. The fourth-order valence-electron chi connectivity index (χ4n) is 2.75. The molecule has 1 unspecified atom stereocenters. The lowest BCUT2D eigenvalue weighted by Gasteiger charge is -2.20. The van der Waals surface area contributed by atoms with Gasteiger partial charge in [-0.15, -0.1) is 0 Å². The van der Waals surface area contributed by atoms with Crippen molar-refractivity contribution < 1.29 is 28.7 Å². The lowest BCUT2D eigenvalue weighted by molar-refractivity contribution is -0.140. The maximum atomic E-state index is 12.2. The number of carbonyl (C=O) groups excluding carboxylic acids is 4. The van der Waals surface area contributed by atoms with Crippen molar-refractivity contribution in [3.8, 4) is 0 Å². The first-order valence-corrected chi connectivity index (χ1v) is 9.91. The van der Waals surface area contributed by atoms with E-state index in [-0.39, 0.29) is 67.3 Å². The highest BCUT2D eigenvalue weighted by molar-refractivity contribution is 6.14. The fourth-order valence-corrected chi connectivity index (χ4v) is 2.75. The van der Waals surface area contributed by atoms with Crippen LogP contribution in [0, 0.1) is 17.8 Å². The first-order valence-electron chi connectivity index (χ1n) is 9.91. The quantitative estimate of drug-likeness (QED) is 0.248. The van der Waals surface area contributed by atoms with Gasteiger partial charge < -0.3 is 14.3 Å². The zero-order valence-electron chi connectivity index (χ0n) is 17.7. The Morgan fingerprint density at radius 2 is 1.79 bits per heavy atom. The average Bonchev–Trinajstić information content (AvgIpc) is 2.92. The van der Waals surface area contributed by atoms with Crippen molar-refractivity contribution in [2.75, 3.05) is 39.5 Å². The van der Waals surface area contributed by atoms with Gasteiger partial charge in [0.15, 0.2) is 5.78 Å². The smallest absolute Gasteiger partial charge is 0.233 e. The molecule has 0 saturated carbocycles. The van der Waals surface area contributed by atoms with Gasteiger partial charge in [-0.25, -0.2) is 0 Å². The third-order valence-electron chi connectivity index (χ3n) is 4.89. The number of hydrogen-bond donors (Lipinski definition) is 0. The molecule has 1 aliphatic rings.